The molecule has 8 heteroatoms. The molecule has 0 aliphatic carbocycles. The third-order valence-corrected chi connectivity index (χ3v) is 5.46. The second-order valence-corrected chi connectivity index (χ2v) is 7.90. The van der Waals surface area contributed by atoms with Gasteiger partial charge in [-0.15, -0.1) is 0 Å². The first-order chi connectivity index (χ1) is 14.0. The molecule has 2 amide bonds. The topological polar surface area (TPSA) is 67.9 Å². The number of rotatable bonds is 4. The van der Waals surface area contributed by atoms with E-state index in [1.165, 1.54) is 0 Å². The number of anilines is 1. The smallest absolute Gasteiger partial charge is 0.227 e. The van der Waals surface area contributed by atoms with Crippen LogP contribution in [0.2, 0.25) is 10.0 Å². The van der Waals surface area contributed by atoms with Crippen molar-refractivity contribution in [3.63, 3.8) is 0 Å². The van der Waals surface area contributed by atoms with Crippen LogP contribution in [0.15, 0.2) is 36.4 Å². The summed E-state index contributed by atoms with van der Waals surface area (Å²) in [4.78, 5) is 26.6. The van der Waals surface area contributed by atoms with E-state index in [9.17, 15) is 9.59 Å². The number of fused-ring (bicyclic) bond motifs is 1. The van der Waals surface area contributed by atoms with Crippen molar-refractivity contribution in [1.82, 2.24) is 5.32 Å². The number of benzene rings is 2. The van der Waals surface area contributed by atoms with E-state index in [2.05, 4.69) is 5.32 Å². The van der Waals surface area contributed by atoms with Gasteiger partial charge in [-0.2, -0.15) is 0 Å². The number of carbonyl (C=O) groups is 2. The van der Waals surface area contributed by atoms with E-state index < -0.39 is 5.92 Å². The summed E-state index contributed by atoms with van der Waals surface area (Å²) in [6.45, 7) is 1.73. The van der Waals surface area contributed by atoms with Crippen LogP contribution in [-0.2, 0) is 16.1 Å². The zero-order valence-corrected chi connectivity index (χ0v) is 17.1. The standard InChI is InChI=1S/C21H20Cl2N2O4/c22-15-3-1-4-16(10-15)25-12-14(9-19(25)26)21(27)24-11-13-7-17(23)20-18(8-13)28-5-2-6-29-20/h1,3-4,7-8,10,14H,2,5-6,9,11-12H2,(H,24,27). The van der Waals surface area contributed by atoms with Gasteiger partial charge in [-0.25, -0.2) is 0 Å². The van der Waals surface area contributed by atoms with Crippen LogP contribution < -0.4 is 19.7 Å². The lowest BCUT2D eigenvalue weighted by Crippen LogP contribution is -2.32. The first kappa shape index (κ1) is 19.9. The monoisotopic (exact) mass is 434 g/mol. The minimum absolute atomic E-state index is 0.0916. The van der Waals surface area contributed by atoms with Crippen molar-refractivity contribution in [2.45, 2.75) is 19.4 Å². The molecule has 152 valence electrons. The molecule has 0 spiro atoms. The van der Waals surface area contributed by atoms with Crippen LogP contribution in [0.25, 0.3) is 0 Å². The highest BCUT2D eigenvalue weighted by molar-refractivity contribution is 6.32. The third-order valence-electron chi connectivity index (χ3n) is 4.94. The van der Waals surface area contributed by atoms with Crippen LogP contribution in [0.5, 0.6) is 11.5 Å². The molecule has 2 heterocycles. The Kier molecular flexibility index (Phi) is 5.83. The molecule has 0 aromatic heterocycles. The minimum atomic E-state index is -0.419. The number of ether oxygens (including phenoxy) is 2. The Morgan fingerprint density at radius 3 is 2.83 bits per heavy atom. The number of carbonyl (C=O) groups excluding carboxylic acids is 2. The van der Waals surface area contributed by atoms with Gasteiger partial charge in [-0.05, 0) is 35.9 Å². The number of halogens is 2. The summed E-state index contributed by atoms with van der Waals surface area (Å²) >= 11 is 12.3. The number of nitrogens with one attached hydrogen (secondary N) is 1. The predicted octanol–water partition coefficient (Wildman–Crippen LogP) is 3.82. The Hall–Kier alpha value is -2.44. The van der Waals surface area contributed by atoms with Crippen molar-refractivity contribution in [2.75, 3.05) is 24.7 Å². The first-order valence-electron chi connectivity index (χ1n) is 9.43. The summed E-state index contributed by atoms with van der Waals surface area (Å²) in [7, 11) is 0. The average molecular weight is 435 g/mol. The molecule has 1 atom stereocenters. The molecule has 0 bridgehead atoms. The molecule has 29 heavy (non-hydrogen) atoms. The molecule has 2 aliphatic heterocycles. The van der Waals surface area contributed by atoms with Gasteiger partial charge in [0.05, 0.1) is 24.2 Å². The molecule has 0 saturated carbocycles. The Bertz CT molecular complexity index is 950. The number of amides is 2. The maximum atomic E-state index is 12.6. The second kappa shape index (κ2) is 8.51. The Balaban J connectivity index is 1.40. The van der Waals surface area contributed by atoms with E-state index in [0.717, 1.165) is 12.0 Å². The van der Waals surface area contributed by atoms with E-state index in [1.54, 1.807) is 29.2 Å². The summed E-state index contributed by atoms with van der Waals surface area (Å²) in [6, 6.07) is 10.6. The molecule has 1 saturated heterocycles. The van der Waals surface area contributed by atoms with Gasteiger partial charge in [0.2, 0.25) is 11.8 Å². The van der Waals surface area contributed by atoms with Crippen molar-refractivity contribution >= 4 is 40.7 Å². The van der Waals surface area contributed by atoms with Gasteiger partial charge >= 0.3 is 0 Å². The second-order valence-electron chi connectivity index (χ2n) is 7.06. The highest BCUT2D eigenvalue weighted by Crippen LogP contribution is 2.38. The molecule has 1 fully saturated rings. The number of nitrogens with zero attached hydrogens (tertiary/aromatic N) is 1. The molecular weight excluding hydrogens is 415 g/mol. The average Bonchev–Trinajstić information content (AvgIpc) is 2.93. The molecule has 2 aromatic carbocycles. The van der Waals surface area contributed by atoms with Crippen molar-refractivity contribution in [1.29, 1.82) is 0 Å². The van der Waals surface area contributed by atoms with Crippen molar-refractivity contribution < 1.29 is 19.1 Å². The summed E-state index contributed by atoms with van der Waals surface area (Å²) < 4.78 is 11.3. The van der Waals surface area contributed by atoms with Crippen LogP contribution in [0.4, 0.5) is 5.69 Å². The van der Waals surface area contributed by atoms with Crippen LogP contribution in [0, 0.1) is 5.92 Å². The summed E-state index contributed by atoms with van der Waals surface area (Å²) in [5.74, 6) is 0.440. The molecule has 2 aromatic rings. The summed E-state index contributed by atoms with van der Waals surface area (Å²) in [6.07, 6.45) is 0.955. The molecule has 4 rings (SSSR count). The molecule has 2 aliphatic rings. The van der Waals surface area contributed by atoms with Crippen molar-refractivity contribution in [3.05, 3.63) is 52.0 Å². The maximum absolute atomic E-state index is 12.6. The lowest BCUT2D eigenvalue weighted by Gasteiger charge is -2.17. The highest BCUT2D eigenvalue weighted by Gasteiger charge is 2.35. The fourth-order valence-electron chi connectivity index (χ4n) is 3.50. The van der Waals surface area contributed by atoms with E-state index in [4.69, 9.17) is 32.7 Å². The Labute approximate surface area is 178 Å². The first-order valence-corrected chi connectivity index (χ1v) is 10.2. The van der Waals surface area contributed by atoms with Crippen LogP contribution in [0.1, 0.15) is 18.4 Å². The minimum Gasteiger partial charge on any atom is -0.489 e. The largest absolute Gasteiger partial charge is 0.489 e. The van der Waals surface area contributed by atoms with Crippen LogP contribution >= 0.6 is 23.2 Å². The number of hydrogen-bond acceptors (Lipinski definition) is 4. The normalized spacial score (nSPS) is 18.5. The molecular formula is C21H20Cl2N2O4. The third kappa shape index (κ3) is 4.43. The van der Waals surface area contributed by atoms with Crippen LogP contribution in [-0.4, -0.2) is 31.6 Å². The maximum Gasteiger partial charge on any atom is 0.227 e. The number of hydrogen-bond donors (Lipinski definition) is 1. The molecule has 1 N–H and O–H groups in total. The van der Waals surface area contributed by atoms with Crippen LogP contribution in [0.3, 0.4) is 0 Å². The van der Waals surface area contributed by atoms with Crippen molar-refractivity contribution in [3.8, 4) is 11.5 Å². The Morgan fingerprint density at radius 1 is 1.17 bits per heavy atom. The van der Waals surface area contributed by atoms with Gasteiger partial charge in [0.25, 0.3) is 0 Å². The fourth-order valence-corrected chi connectivity index (χ4v) is 3.97. The predicted molar refractivity (Wildman–Crippen MR) is 111 cm³/mol. The zero-order valence-electron chi connectivity index (χ0n) is 15.6. The quantitative estimate of drug-likeness (QED) is 0.793. The van der Waals surface area contributed by atoms with E-state index in [0.29, 0.717) is 47.0 Å². The van der Waals surface area contributed by atoms with Gasteiger partial charge in [0, 0.05) is 36.6 Å². The highest BCUT2D eigenvalue weighted by atomic mass is 35.5. The van der Waals surface area contributed by atoms with E-state index >= 15 is 0 Å². The summed E-state index contributed by atoms with van der Waals surface area (Å²) in [5, 5.41) is 3.90. The fraction of sp³-hybridized carbons (Fsp3) is 0.333. The summed E-state index contributed by atoms with van der Waals surface area (Å²) in [5.41, 5.74) is 1.51. The van der Waals surface area contributed by atoms with E-state index in [1.807, 2.05) is 12.1 Å². The zero-order chi connectivity index (χ0) is 20.4. The lowest BCUT2D eigenvalue weighted by molar-refractivity contribution is -0.126. The van der Waals surface area contributed by atoms with Gasteiger partial charge in [-0.1, -0.05) is 29.3 Å². The van der Waals surface area contributed by atoms with Gasteiger partial charge in [-0.3, -0.25) is 9.59 Å². The van der Waals surface area contributed by atoms with Gasteiger partial charge in [0.15, 0.2) is 11.5 Å². The van der Waals surface area contributed by atoms with Crippen molar-refractivity contribution in [2.24, 2.45) is 5.92 Å². The SMILES string of the molecule is O=C(NCc1cc(Cl)c2c(c1)OCCCO2)C1CC(=O)N(c2cccc(Cl)c2)C1. The Morgan fingerprint density at radius 2 is 2.00 bits per heavy atom. The van der Waals surface area contributed by atoms with E-state index in [-0.39, 0.29) is 24.8 Å². The van der Waals surface area contributed by atoms with Gasteiger partial charge in [0.1, 0.15) is 0 Å². The molecule has 0 radical (unpaired) electrons. The molecule has 1 unspecified atom stereocenters. The van der Waals surface area contributed by atoms with Gasteiger partial charge < -0.3 is 19.7 Å². The lowest BCUT2D eigenvalue weighted by atomic mass is 10.1. The molecule has 6 nitrogen and oxygen atoms in total.